The van der Waals surface area contributed by atoms with E-state index < -0.39 is 0 Å². The maximum absolute atomic E-state index is 5.72. The average molecular weight is 408 g/mol. The molecule has 2 aliphatic heterocycles. The molecule has 0 amide bonds. The lowest BCUT2D eigenvalue weighted by Crippen LogP contribution is -2.48. The fraction of sp³-hybridized carbons (Fsp3) is 0.450. The van der Waals surface area contributed by atoms with Crippen LogP contribution in [-0.4, -0.2) is 74.5 Å². The molecule has 0 saturated carbocycles. The summed E-state index contributed by atoms with van der Waals surface area (Å²) < 4.78 is 13.2. The molecule has 0 bridgehead atoms. The number of hydrogen-bond acceptors (Lipinski definition) is 9. The van der Waals surface area contributed by atoms with Gasteiger partial charge in [-0.2, -0.15) is 4.68 Å². The van der Waals surface area contributed by atoms with Crippen LogP contribution in [0.3, 0.4) is 0 Å². The number of fused-ring (bicyclic) bond motifs is 1. The van der Waals surface area contributed by atoms with E-state index in [9.17, 15) is 0 Å². The van der Waals surface area contributed by atoms with Crippen LogP contribution in [0.1, 0.15) is 25.2 Å². The average Bonchev–Trinajstić information content (AvgIpc) is 3.30. The normalized spacial score (nSPS) is 17.7. The Hall–Kier alpha value is -3.27. The van der Waals surface area contributed by atoms with E-state index in [0.29, 0.717) is 13.2 Å². The molecule has 10 heteroatoms. The van der Waals surface area contributed by atoms with Crippen molar-refractivity contribution in [2.75, 3.05) is 44.3 Å². The fourth-order valence-electron chi connectivity index (χ4n) is 4.04. The van der Waals surface area contributed by atoms with Gasteiger partial charge in [-0.1, -0.05) is 6.92 Å². The van der Waals surface area contributed by atoms with Crippen LogP contribution in [0.5, 0.6) is 11.5 Å². The molecule has 30 heavy (non-hydrogen) atoms. The van der Waals surface area contributed by atoms with Gasteiger partial charge in [0.2, 0.25) is 5.95 Å². The first kappa shape index (κ1) is 18.7. The maximum atomic E-state index is 5.72. The lowest BCUT2D eigenvalue weighted by molar-refractivity contribution is 0.170. The molecule has 2 aromatic heterocycles. The van der Waals surface area contributed by atoms with Gasteiger partial charge >= 0.3 is 0 Å². The summed E-state index contributed by atoms with van der Waals surface area (Å²) >= 11 is 0. The van der Waals surface area contributed by atoms with Crippen LogP contribution in [0.4, 0.5) is 5.95 Å². The second-order valence-corrected chi connectivity index (χ2v) is 7.27. The van der Waals surface area contributed by atoms with E-state index >= 15 is 0 Å². The zero-order chi connectivity index (χ0) is 20.3. The summed E-state index contributed by atoms with van der Waals surface area (Å²) in [4.78, 5) is 13.4. The van der Waals surface area contributed by atoms with Crippen LogP contribution in [0.15, 0.2) is 36.7 Å². The molecular formula is C20H24N8O2. The molecule has 4 heterocycles. The van der Waals surface area contributed by atoms with Gasteiger partial charge in [-0.15, -0.1) is 5.10 Å². The standard InChI is InChI=1S/C20H24N8O2/c1-2-16(26-8-10-27(11-9-26)20-21-6-3-7-22-20)19-23-24-25-28(19)15-4-5-17-18(14-15)30-13-12-29-17/h3-7,14,16H,2,8-13H2,1H3. The zero-order valence-corrected chi connectivity index (χ0v) is 16.9. The monoisotopic (exact) mass is 408 g/mol. The summed E-state index contributed by atoms with van der Waals surface area (Å²) in [6, 6.07) is 7.77. The van der Waals surface area contributed by atoms with Gasteiger partial charge in [0.1, 0.15) is 13.2 Å². The molecule has 5 rings (SSSR count). The molecule has 1 fully saturated rings. The summed E-state index contributed by atoms with van der Waals surface area (Å²) in [7, 11) is 0. The van der Waals surface area contributed by atoms with Crippen molar-refractivity contribution >= 4 is 5.95 Å². The van der Waals surface area contributed by atoms with Crippen molar-refractivity contribution < 1.29 is 9.47 Å². The quantitative estimate of drug-likeness (QED) is 0.622. The van der Waals surface area contributed by atoms with Crippen molar-refractivity contribution in [1.29, 1.82) is 0 Å². The van der Waals surface area contributed by atoms with E-state index in [2.05, 4.69) is 42.2 Å². The topological polar surface area (TPSA) is 94.3 Å². The molecule has 10 nitrogen and oxygen atoms in total. The second-order valence-electron chi connectivity index (χ2n) is 7.27. The Kier molecular flexibility index (Phi) is 5.14. The third-order valence-electron chi connectivity index (χ3n) is 5.54. The highest BCUT2D eigenvalue weighted by Crippen LogP contribution is 2.33. The van der Waals surface area contributed by atoms with Gasteiger partial charge in [0.05, 0.1) is 11.7 Å². The molecule has 0 spiro atoms. The number of ether oxygens (including phenoxy) is 2. The largest absolute Gasteiger partial charge is 0.486 e. The summed E-state index contributed by atoms with van der Waals surface area (Å²) in [6.07, 6.45) is 4.48. The SMILES string of the molecule is CCC(c1nnnn1-c1ccc2c(c1)OCCO2)N1CCN(c2ncccn2)CC1. The van der Waals surface area contributed by atoms with Gasteiger partial charge in [0, 0.05) is 44.6 Å². The van der Waals surface area contributed by atoms with Crippen molar-refractivity contribution in [3.63, 3.8) is 0 Å². The van der Waals surface area contributed by atoms with Gasteiger partial charge in [-0.05, 0) is 35.0 Å². The minimum atomic E-state index is 0.118. The molecule has 1 aromatic carbocycles. The van der Waals surface area contributed by atoms with Crippen molar-refractivity contribution in [1.82, 2.24) is 35.1 Å². The summed E-state index contributed by atoms with van der Waals surface area (Å²) in [5, 5.41) is 12.6. The number of rotatable bonds is 5. The Morgan fingerprint density at radius 2 is 1.77 bits per heavy atom. The third kappa shape index (κ3) is 3.54. The Balaban J connectivity index is 1.35. The zero-order valence-electron chi connectivity index (χ0n) is 16.9. The van der Waals surface area contributed by atoms with Crippen molar-refractivity contribution in [2.45, 2.75) is 19.4 Å². The minimum absolute atomic E-state index is 0.118. The lowest BCUT2D eigenvalue weighted by atomic mass is 10.1. The van der Waals surface area contributed by atoms with Gasteiger partial charge in [0.25, 0.3) is 0 Å². The summed E-state index contributed by atoms with van der Waals surface area (Å²) in [5.41, 5.74) is 0.869. The first-order valence-electron chi connectivity index (χ1n) is 10.3. The Bertz CT molecular complexity index is 987. The molecule has 2 aliphatic rings. The molecule has 0 radical (unpaired) electrons. The third-order valence-corrected chi connectivity index (χ3v) is 5.54. The van der Waals surface area contributed by atoms with Crippen LogP contribution in [0, 0.1) is 0 Å². The first-order chi connectivity index (χ1) is 14.8. The molecule has 1 saturated heterocycles. The van der Waals surface area contributed by atoms with E-state index in [-0.39, 0.29) is 6.04 Å². The fourth-order valence-corrected chi connectivity index (χ4v) is 4.04. The van der Waals surface area contributed by atoms with Gasteiger partial charge < -0.3 is 14.4 Å². The number of aromatic nitrogens is 6. The summed E-state index contributed by atoms with van der Waals surface area (Å²) in [6.45, 7) is 6.81. The van der Waals surface area contributed by atoms with E-state index in [1.165, 1.54) is 0 Å². The predicted molar refractivity (Wildman–Crippen MR) is 109 cm³/mol. The van der Waals surface area contributed by atoms with Crippen LogP contribution in [-0.2, 0) is 0 Å². The number of tetrazole rings is 1. The Morgan fingerprint density at radius 3 is 2.53 bits per heavy atom. The highest BCUT2D eigenvalue weighted by atomic mass is 16.6. The lowest BCUT2D eigenvalue weighted by Gasteiger charge is -2.38. The van der Waals surface area contributed by atoms with Gasteiger partial charge in [0.15, 0.2) is 17.3 Å². The van der Waals surface area contributed by atoms with Gasteiger partial charge in [-0.25, -0.2) is 9.97 Å². The first-order valence-corrected chi connectivity index (χ1v) is 10.3. The smallest absolute Gasteiger partial charge is 0.225 e. The molecule has 1 atom stereocenters. The molecule has 0 aliphatic carbocycles. The molecule has 156 valence electrons. The highest BCUT2D eigenvalue weighted by Gasteiger charge is 2.29. The summed E-state index contributed by atoms with van der Waals surface area (Å²) in [5.74, 6) is 3.10. The predicted octanol–water partition coefficient (Wildman–Crippen LogP) is 1.50. The van der Waals surface area contributed by atoms with E-state index in [1.54, 1.807) is 17.1 Å². The number of piperazine rings is 1. The van der Waals surface area contributed by atoms with Crippen molar-refractivity contribution in [3.8, 4) is 17.2 Å². The van der Waals surface area contributed by atoms with Crippen LogP contribution >= 0.6 is 0 Å². The van der Waals surface area contributed by atoms with Crippen molar-refractivity contribution in [3.05, 3.63) is 42.5 Å². The second kappa shape index (κ2) is 8.23. The number of benzene rings is 1. The minimum Gasteiger partial charge on any atom is -0.486 e. The number of hydrogen-bond donors (Lipinski definition) is 0. The number of anilines is 1. The van der Waals surface area contributed by atoms with Crippen LogP contribution < -0.4 is 14.4 Å². The maximum Gasteiger partial charge on any atom is 0.225 e. The van der Waals surface area contributed by atoms with Crippen LogP contribution in [0.2, 0.25) is 0 Å². The molecule has 3 aromatic rings. The van der Waals surface area contributed by atoms with Crippen molar-refractivity contribution in [2.24, 2.45) is 0 Å². The number of nitrogens with zero attached hydrogens (tertiary/aromatic N) is 8. The Morgan fingerprint density at radius 1 is 1.00 bits per heavy atom. The highest BCUT2D eigenvalue weighted by molar-refractivity contribution is 5.49. The van der Waals surface area contributed by atoms with Gasteiger partial charge in [-0.3, -0.25) is 4.90 Å². The van der Waals surface area contributed by atoms with E-state index in [1.807, 2.05) is 24.3 Å². The molecule has 0 N–H and O–H groups in total. The molecule has 1 unspecified atom stereocenters. The van der Waals surface area contributed by atoms with E-state index in [4.69, 9.17) is 9.47 Å². The Labute approximate surface area is 174 Å². The molecular weight excluding hydrogens is 384 g/mol. The van der Waals surface area contributed by atoms with Crippen LogP contribution in [0.25, 0.3) is 5.69 Å². The van der Waals surface area contributed by atoms with E-state index in [0.717, 1.165) is 61.6 Å².